The van der Waals surface area contributed by atoms with Crippen molar-refractivity contribution in [3.63, 3.8) is 0 Å². The number of thiazole rings is 1. The maximum Gasteiger partial charge on any atom is 0.416 e. The van der Waals surface area contributed by atoms with Gasteiger partial charge in [0.15, 0.2) is 0 Å². The number of amides is 2. The van der Waals surface area contributed by atoms with Crippen molar-refractivity contribution < 1.29 is 22.8 Å². The Bertz CT molecular complexity index is 1020. The van der Waals surface area contributed by atoms with Crippen molar-refractivity contribution >= 4 is 34.7 Å². The normalized spacial score (nSPS) is 12.3. The Morgan fingerprint density at radius 2 is 1.93 bits per heavy atom. The Morgan fingerprint density at radius 3 is 2.53 bits per heavy atom. The highest BCUT2D eigenvalue weighted by atomic mass is 32.1. The molecule has 0 bridgehead atoms. The molecule has 0 saturated heterocycles. The first-order chi connectivity index (χ1) is 14.3. The fourth-order valence-electron chi connectivity index (χ4n) is 2.78. The highest BCUT2D eigenvalue weighted by Gasteiger charge is 2.31. The van der Waals surface area contributed by atoms with Gasteiger partial charge in [-0.2, -0.15) is 13.2 Å². The number of carbonyl (C=O) groups is 2. The molecule has 30 heavy (non-hydrogen) atoms. The second kappa shape index (κ2) is 9.04. The molecule has 2 amide bonds. The summed E-state index contributed by atoms with van der Waals surface area (Å²) in [4.78, 5) is 32.6. The number of halogens is 3. The summed E-state index contributed by atoms with van der Waals surface area (Å²) in [7, 11) is 0. The number of nitrogens with zero attached hydrogens (tertiary/aromatic N) is 2. The minimum Gasteiger partial charge on any atom is -0.324 e. The Balaban J connectivity index is 1.68. The molecule has 1 atom stereocenters. The maximum absolute atomic E-state index is 13.0. The van der Waals surface area contributed by atoms with Crippen LogP contribution in [0.15, 0.2) is 53.5 Å². The van der Waals surface area contributed by atoms with Crippen molar-refractivity contribution in [2.45, 2.75) is 25.4 Å². The van der Waals surface area contributed by atoms with Crippen LogP contribution in [0.5, 0.6) is 0 Å². The van der Waals surface area contributed by atoms with E-state index in [2.05, 4.69) is 20.6 Å². The summed E-state index contributed by atoms with van der Waals surface area (Å²) in [6, 6.07) is 7.79. The molecule has 3 rings (SSSR count). The molecular formula is C20H17F3N4O2S. The smallest absolute Gasteiger partial charge is 0.324 e. The number of hydrogen-bond acceptors (Lipinski definition) is 5. The third-order valence-electron chi connectivity index (χ3n) is 4.28. The zero-order valence-corrected chi connectivity index (χ0v) is 16.6. The lowest BCUT2D eigenvalue weighted by Crippen LogP contribution is -2.21. The molecule has 0 aliphatic rings. The van der Waals surface area contributed by atoms with Gasteiger partial charge in [0, 0.05) is 5.38 Å². The Kier molecular flexibility index (Phi) is 6.46. The van der Waals surface area contributed by atoms with Crippen molar-refractivity contribution in [1.29, 1.82) is 0 Å². The van der Waals surface area contributed by atoms with Crippen molar-refractivity contribution in [3.05, 3.63) is 70.3 Å². The number of pyridine rings is 1. The first-order valence-corrected chi connectivity index (χ1v) is 9.86. The van der Waals surface area contributed by atoms with Gasteiger partial charge in [-0.3, -0.25) is 9.59 Å². The second-order valence-electron chi connectivity index (χ2n) is 6.33. The Labute approximate surface area is 174 Å². The van der Waals surface area contributed by atoms with E-state index in [0.29, 0.717) is 12.1 Å². The van der Waals surface area contributed by atoms with E-state index < -0.39 is 29.5 Å². The summed E-state index contributed by atoms with van der Waals surface area (Å²) in [5.74, 6) is -1.33. The number of rotatable bonds is 6. The number of benzene rings is 1. The van der Waals surface area contributed by atoms with Gasteiger partial charge in [0.05, 0.1) is 28.9 Å². The largest absolute Gasteiger partial charge is 0.416 e. The van der Waals surface area contributed by atoms with Crippen LogP contribution in [0, 0.1) is 0 Å². The van der Waals surface area contributed by atoms with Gasteiger partial charge in [0.1, 0.15) is 11.5 Å². The SMILES string of the molecule is CCC(C(=O)Nc1ccc(NC(=O)c2cscn2)nc1)c1cccc(C(F)(F)F)c1. The van der Waals surface area contributed by atoms with Gasteiger partial charge >= 0.3 is 6.18 Å². The number of aromatic nitrogens is 2. The molecular weight excluding hydrogens is 417 g/mol. The average molecular weight is 434 g/mol. The van der Waals surface area contributed by atoms with E-state index in [4.69, 9.17) is 0 Å². The van der Waals surface area contributed by atoms with Gasteiger partial charge in [-0.1, -0.05) is 25.1 Å². The number of alkyl halides is 3. The zero-order chi connectivity index (χ0) is 21.7. The molecule has 156 valence electrons. The van der Waals surface area contributed by atoms with Gasteiger partial charge in [0.2, 0.25) is 5.91 Å². The first-order valence-electron chi connectivity index (χ1n) is 8.91. The minimum absolute atomic E-state index is 0.269. The van der Waals surface area contributed by atoms with Crippen LogP contribution in [0.25, 0.3) is 0 Å². The predicted octanol–water partition coefficient (Wildman–Crippen LogP) is 4.94. The zero-order valence-electron chi connectivity index (χ0n) is 15.7. The van der Waals surface area contributed by atoms with Crippen molar-refractivity contribution in [2.24, 2.45) is 0 Å². The van der Waals surface area contributed by atoms with Gasteiger partial charge in [-0.05, 0) is 30.2 Å². The van der Waals surface area contributed by atoms with E-state index >= 15 is 0 Å². The van der Waals surface area contributed by atoms with Gasteiger partial charge < -0.3 is 10.6 Å². The van der Waals surface area contributed by atoms with Crippen LogP contribution in [0.1, 0.15) is 40.9 Å². The lowest BCUT2D eigenvalue weighted by molar-refractivity contribution is -0.137. The summed E-state index contributed by atoms with van der Waals surface area (Å²) in [5.41, 5.74) is 1.65. The number of anilines is 2. The topological polar surface area (TPSA) is 84.0 Å². The van der Waals surface area contributed by atoms with Crippen molar-refractivity contribution in [2.75, 3.05) is 10.6 Å². The molecule has 3 aromatic rings. The molecule has 0 spiro atoms. The quantitative estimate of drug-likeness (QED) is 0.576. The predicted molar refractivity (Wildman–Crippen MR) is 107 cm³/mol. The van der Waals surface area contributed by atoms with Crippen molar-refractivity contribution in [3.8, 4) is 0 Å². The molecule has 2 N–H and O–H groups in total. The van der Waals surface area contributed by atoms with Gasteiger partial charge in [-0.25, -0.2) is 9.97 Å². The second-order valence-corrected chi connectivity index (χ2v) is 7.05. The van der Waals surface area contributed by atoms with Gasteiger partial charge in [-0.15, -0.1) is 11.3 Å². The summed E-state index contributed by atoms with van der Waals surface area (Å²) in [6.45, 7) is 1.72. The standard InChI is InChI=1S/C20H17F3N4O2S/c1-2-15(12-4-3-5-13(8-12)20(21,22)23)18(28)26-14-6-7-17(24-9-14)27-19(29)16-10-30-11-25-16/h3-11,15H,2H2,1H3,(H,26,28)(H,24,27,29). The van der Waals surface area contributed by atoms with Crippen LogP contribution in [-0.4, -0.2) is 21.8 Å². The van der Waals surface area contributed by atoms with Crippen molar-refractivity contribution in [1.82, 2.24) is 9.97 Å². The summed E-state index contributed by atoms with van der Waals surface area (Å²) in [6.07, 6.45) is -2.80. The lowest BCUT2D eigenvalue weighted by Gasteiger charge is -2.17. The summed E-state index contributed by atoms with van der Waals surface area (Å²) >= 11 is 1.29. The van der Waals surface area contributed by atoms with E-state index in [-0.39, 0.29) is 17.1 Å². The van der Waals surface area contributed by atoms with Crippen LogP contribution in [0.4, 0.5) is 24.7 Å². The van der Waals surface area contributed by atoms with E-state index in [1.54, 1.807) is 18.4 Å². The molecule has 1 aromatic carbocycles. The van der Waals surface area contributed by atoms with E-state index in [9.17, 15) is 22.8 Å². The number of carbonyl (C=O) groups excluding carboxylic acids is 2. The molecule has 0 aliphatic heterocycles. The van der Waals surface area contributed by atoms with Crippen LogP contribution in [0.2, 0.25) is 0 Å². The summed E-state index contributed by atoms with van der Waals surface area (Å²) < 4.78 is 38.9. The molecule has 0 fully saturated rings. The molecule has 10 heteroatoms. The van der Waals surface area contributed by atoms with E-state index in [1.165, 1.54) is 41.2 Å². The van der Waals surface area contributed by atoms with Crippen LogP contribution in [0.3, 0.4) is 0 Å². The highest BCUT2D eigenvalue weighted by molar-refractivity contribution is 7.07. The Hall–Kier alpha value is -3.27. The monoisotopic (exact) mass is 434 g/mol. The molecule has 0 saturated carbocycles. The molecule has 1 unspecified atom stereocenters. The molecule has 2 aromatic heterocycles. The van der Waals surface area contributed by atoms with E-state index in [0.717, 1.165) is 12.1 Å². The van der Waals surface area contributed by atoms with Gasteiger partial charge in [0.25, 0.3) is 5.91 Å². The van der Waals surface area contributed by atoms with E-state index in [1.807, 2.05) is 0 Å². The molecule has 0 radical (unpaired) electrons. The Morgan fingerprint density at radius 1 is 1.13 bits per heavy atom. The fourth-order valence-corrected chi connectivity index (χ4v) is 3.31. The fraction of sp³-hybridized carbons (Fsp3) is 0.200. The summed E-state index contributed by atoms with van der Waals surface area (Å²) in [5, 5.41) is 6.83. The molecule has 0 aliphatic carbocycles. The first kappa shape index (κ1) is 21.4. The maximum atomic E-state index is 13.0. The minimum atomic E-state index is -4.48. The molecule has 2 heterocycles. The number of hydrogen-bond donors (Lipinski definition) is 2. The van der Waals surface area contributed by atoms with Crippen LogP contribution < -0.4 is 10.6 Å². The van der Waals surface area contributed by atoms with Crippen LogP contribution in [-0.2, 0) is 11.0 Å². The third-order valence-corrected chi connectivity index (χ3v) is 4.87. The lowest BCUT2D eigenvalue weighted by atomic mass is 9.94. The number of nitrogens with one attached hydrogen (secondary N) is 2. The highest BCUT2D eigenvalue weighted by Crippen LogP contribution is 2.32. The van der Waals surface area contributed by atoms with Crippen LogP contribution >= 0.6 is 11.3 Å². The third kappa shape index (κ3) is 5.20. The average Bonchev–Trinajstić information content (AvgIpc) is 3.25. The molecule has 6 nitrogen and oxygen atoms in total.